The average molecular weight is 485 g/mol. The molecule has 6 atom stereocenters. The Hall–Kier alpha value is -2.32. The van der Waals surface area contributed by atoms with Crippen molar-refractivity contribution in [2.24, 2.45) is 5.92 Å². The maximum Gasteiger partial charge on any atom is 0.246 e. The third-order valence-corrected chi connectivity index (χ3v) is 8.67. The lowest BCUT2D eigenvalue weighted by atomic mass is 9.87. The van der Waals surface area contributed by atoms with Crippen molar-refractivity contribution in [3.8, 4) is 0 Å². The van der Waals surface area contributed by atoms with Gasteiger partial charge < -0.3 is 20.9 Å². The number of hydrogen-bond acceptors (Lipinski definition) is 5. The Morgan fingerprint density at radius 1 is 1.24 bits per heavy atom. The molecule has 3 N–H and O–H groups in total. The van der Waals surface area contributed by atoms with Crippen LogP contribution in [0.2, 0.25) is 0 Å². The van der Waals surface area contributed by atoms with E-state index >= 15 is 0 Å². The van der Waals surface area contributed by atoms with Crippen LogP contribution in [0.5, 0.6) is 0 Å². The molecular weight excluding hydrogens is 448 g/mol. The fourth-order valence-corrected chi connectivity index (χ4v) is 6.89. The van der Waals surface area contributed by atoms with E-state index in [1.165, 1.54) is 11.1 Å². The van der Waals surface area contributed by atoms with Gasteiger partial charge in [0.15, 0.2) is 0 Å². The normalized spacial score (nSPS) is 29.4. The van der Waals surface area contributed by atoms with E-state index in [1.807, 2.05) is 18.2 Å². The Balaban J connectivity index is 1.56. The highest BCUT2D eigenvalue weighted by Crippen LogP contribution is 2.41. The van der Waals surface area contributed by atoms with Crippen LogP contribution in [-0.2, 0) is 20.8 Å². The molecule has 3 aliphatic rings. The molecule has 8 heteroatoms. The van der Waals surface area contributed by atoms with Crippen molar-refractivity contribution in [2.45, 2.75) is 75.0 Å². The highest BCUT2D eigenvalue weighted by atomic mass is 32.2. The lowest BCUT2D eigenvalue weighted by Crippen LogP contribution is -2.57. The number of rotatable bonds is 7. The topological polar surface area (TPSA) is 90.5 Å². The molecule has 0 spiro atoms. The van der Waals surface area contributed by atoms with Crippen molar-refractivity contribution in [3.05, 3.63) is 48.0 Å². The van der Waals surface area contributed by atoms with Crippen LogP contribution < -0.4 is 16.0 Å². The van der Waals surface area contributed by atoms with Crippen molar-refractivity contribution >= 4 is 29.5 Å². The second kappa shape index (κ2) is 11.0. The summed E-state index contributed by atoms with van der Waals surface area (Å²) < 4.78 is 0. The van der Waals surface area contributed by atoms with Crippen LogP contribution in [0.15, 0.2) is 36.9 Å². The van der Waals surface area contributed by atoms with Gasteiger partial charge in [0.25, 0.3) is 0 Å². The number of fused-ring (bicyclic) bond motifs is 2. The molecule has 34 heavy (non-hydrogen) atoms. The predicted molar refractivity (Wildman–Crippen MR) is 135 cm³/mol. The van der Waals surface area contributed by atoms with Crippen LogP contribution in [-0.4, -0.2) is 58.9 Å². The van der Waals surface area contributed by atoms with E-state index in [0.29, 0.717) is 12.8 Å². The lowest BCUT2D eigenvalue weighted by molar-refractivity contribution is -0.143. The molecule has 2 aliphatic heterocycles. The molecule has 184 valence electrons. The van der Waals surface area contributed by atoms with Crippen molar-refractivity contribution in [1.29, 1.82) is 0 Å². The van der Waals surface area contributed by atoms with Crippen LogP contribution in [0, 0.1) is 5.92 Å². The van der Waals surface area contributed by atoms with Crippen LogP contribution in [0.3, 0.4) is 0 Å². The Morgan fingerprint density at radius 3 is 2.79 bits per heavy atom. The molecule has 0 saturated carbocycles. The van der Waals surface area contributed by atoms with E-state index in [4.69, 9.17) is 0 Å². The van der Waals surface area contributed by atoms with Gasteiger partial charge in [-0.25, -0.2) is 0 Å². The van der Waals surface area contributed by atoms with Gasteiger partial charge in [-0.1, -0.05) is 30.3 Å². The lowest BCUT2D eigenvalue weighted by Gasteiger charge is -2.34. The molecule has 1 aromatic carbocycles. The summed E-state index contributed by atoms with van der Waals surface area (Å²) in [5.74, 6) is 0.328. The minimum Gasteiger partial charge on any atom is -0.347 e. The molecule has 2 fully saturated rings. The zero-order chi connectivity index (χ0) is 24.2. The quantitative estimate of drug-likeness (QED) is 0.518. The number of nitrogens with zero attached hydrogens (tertiary/aromatic N) is 1. The Labute approximate surface area is 206 Å². The number of benzene rings is 1. The molecule has 7 nitrogen and oxygen atoms in total. The molecule has 0 radical (unpaired) electrons. The average Bonchev–Trinajstić information content (AvgIpc) is 3.13. The van der Waals surface area contributed by atoms with Crippen LogP contribution >= 0.6 is 11.8 Å². The number of aryl methyl sites for hydroxylation is 1. The van der Waals surface area contributed by atoms with Crippen LogP contribution in [0.1, 0.15) is 56.2 Å². The first-order valence-corrected chi connectivity index (χ1v) is 13.4. The molecule has 4 rings (SSSR count). The SMILES string of the molecule is C=CCC1CC2SCCC(NC(=O)[C@H](C)NC)C(=O)N2C1C(=O)N[C@@H]1CCCc2ccccc21. The summed E-state index contributed by atoms with van der Waals surface area (Å²) >= 11 is 1.71. The first kappa shape index (κ1) is 24.8. The van der Waals surface area contributed by atoms with E-state index in [0.717, 1.165) is 31.4 Å². The molecule has 3 amide bonds. The van der Waals surface area contributed by atoms with Gasteiger partial charge in [0.1, 0.15) is 12.1 Å². The molecule has 2 saturated heterocycles. The van der Waals surface area contributed by atoms with Crippen molar-refractivity contribution in [1.82, 2.24) is 20.9 Å². The zero-order valence-corrected chi connectivity index (χ0v) is 20.9. The smallest absolute Gasteiger partial charge is 0.246 e. The van der Waals surface area contributed by atoms with Crippen molar-refractivity contribution < 1.29 is 14.4 Å². The number of allylic oxidation sites excluding steroid dienone is 1. The maximum absolute atomic E-state index is 13.8. The van der Waals surface area contributed by atoms with Crippen LogP contribution in [0.25, 0.3) is 0 Å². The number of carbonyl (C=O) groups excluding carboxylic acids is 3. The highest BCUT2D eigenvalue weighted by Gasteiger charge is 2.50. The monoisotopic (exact) mass is 484 g/mol. The van der Waals surface area contributed by atoms with Gasteiger partial charge in [0.05, 0.1) is 17.5 Å². The minimum atomic E-state index is -0.617. The number of amides is 3. The summed E-state index contributed by atoms with van der Waals surface area (Å²) in [6.07, 6.45) is 6.80. The summed E-state index contributed by atoms with van der Waals surface area (Å²) in [5, 5.41) is 9.06. The molecule has 0 aromatic heterocycles. The van der Waals surface area contributed by atoms with E-state index in [9.17, 15) is 14.4 Å². The summed E-state index contributed by atoms with van der Waals surface area (Å²) in [6.45, 7) is 5.66. The second-order valence-electron chi connectivity index (χ2n) is 9.55. The fourth-order valence-electron chi connectivity index (χ4n) is 5.46. The zero-order valence-electron chi connectivity index (χ0n) is 20.1. The summed E-state index contributed by atoms with van der Waals surface area (Å²) in [4.78, 5) is 41.7. The number of thioether (sulfide) groups is 1. The highest BCUT2D eigenvalue weighted by molar-refractivity contribution is 7.99. The molecule has 1 aromatic rings. The number of carbonyl (C=O) groups is 3. The molecule has 1 aliphatic carbocycles. The third kappa shape index (κ3) is 5.03. The van der Waals surface area contributed by atoms with Crippen molar-refractivity contribution in [2.75, 3.05) is 12.8 Å². The third-order valence-electron chi connectivity index (χ3n) is 7.40. The van der Waals surface area contributed by atoms with Crippen molar-refractivity contribution in [3.63, 3.8) is 0 Å². The van der Waals surface area contributed by atoms with E-state index in [-0.39, 0.29) is 35.1 Å². The Kier molecular flexibility index (Phi) is 7.99. The first-order chi connectivity index (χ1) is 16.4. The summed E-state index contributed by atoms with van der Waals surface area (Å²) in [7, 11) is 1.72. The van der Waals surface area contributed by atoms with E-state index < -0.39 is 18.1 Å². The fraction of sp³-hybridized carbons (Fsp3) is 0.577. The maximum atomic E-state index is 13.8. The van der Waals surface area contributed by atoms with Gasteiger partial charge in [-0.3, -0.25) is 14.4 Å². The Morgan fingerprint density at radius 2 is 2.03 bits per heavy atom. The predicted octanol–water partition coefficient (Wildman–Crippen LogP) is 2.53. The second-order valence-corrected chi connectivity index (χ2v) is 10.8. The van der Waals surface area contributed by atoms with Gasteiger partial charge in [-0.2, -0.15) is 0 Å². The number of nitrogens with one attached hydrogen (secondary N) is 3. The van der Waals surface area contributed by atoms with E-state index in [1.54, 1.807) is 30.6 Å². The number of likely N-dealkylation sites (N-methyl/N-ethyl adjacent to an activating group) is 1. The molecular formula is C26H36N4O3S. The van der Waals surface area contributed by atoms with Gasteiger partial charge in [-0.05, 0) is 75.3 Å². The first-order valence-electron chi connectivity index (χ1n) is 12.3. The van der Waals surface area contributed by atoms with Gasteiger partial charge in [-0.15, -0.1) is 18.3 Å². The number of hydrogen-bond donors (Lipinski definition) is 3. The molecule has 0 bridgehead atoms. The largest absolute Gasteiger partial charge is 0.347 e. The summed E-state index contributed by atoms with van der Waals surface area (Å²) in [5.41, 5.74) is 2.47. The van der Waals surface area contributed by atoms with Gasteiger partial charge in [0.2, 0.25) is 17.7 Å². The molecule has 4 unspecified atom stereocenters. The minimum absolute atomic E-state index is 0.0171. The van der Waals surface area contributed by atoms with Gasteiger partial charge in [0, 0.05) is 0 Å². The van der Waals surface area contributed by atoms with E-state index in [2.05, 4.69) is 34.7 Å². The van der Waals surface area contributed by atoms with Crippen LogP contribution in [0.4, 0.5) is 0 Å². The standard InChI is InChI=1S/C26H36N4O3S/c1-4-8-18-15-22-30(26(33)21(13-14-34-22)29-24(31)16(2)27-3)23(18)25(32)28-20-12-7-10-17-9-5-6-11-19(17)20/h4-6,9,11,16,18,20-23,27H,1,7-8,10,12-15H2,2-3H3,(H,28,32)(H,29,31)/t16-,18?,20+,21?,22?,23?/m0/s1. The Bertz CT molecular complexity index is 938. The molecule has 2 heterocycles. The summed E-state index contributed by atoms with van der Waals surface area (Å²) in [6, 6.07) is 6.68. The van der Waals surface area contributed by atoms with Gasteiger partial charge >= 0.3 is 0 Å².